The Morgan fingerprint density at radius 1 is 1.00 bits per heavy atom. The van der Waals surface area contributed by atoms with Crippen LogP contribution in [0.3, 0.4) is 0 Å². The molecule has 0 unspecified atom stereocenters. The van der Waals surface area contributed by atoms with Gasteiger partial charge in [0.2, 0.25) is 0 Å². The molecule has 0 N–H and O–H groups in total. The SMILES string of the molecule is CCSc1ccc(C(=O)c2ccc(I)cc2)cc1. The second kappa shape index (κ2) is 6.38. The molecule has 0 spiro atoms. The average Bonchev–Trinajstić information content (AvgIpc) is 2.40. The van der Waals surface area contributed by atoms with Gasteiger partial charge in [0.05, 0.1) is 0 Å². The van der Waals surface area contributed by atoms with E-state index in [1.54, 1.807) is 11.8 Å². The highest BCUT2D eigenvalue weighted by Gasteiger charge is 2.08. The first-order chi connectivity index (χ1) is 8.70. The molecule has 3 heteroatoms. The van der Waals surface area contributed by atoms with Gasteiger partial charge in [-0.3, -0.25) is 4.79 Å². The van der Waals surface area contributed by atoms with Crippen molar-refractivity contribution in [3.05, 3.63) is 63.2 Å². The molecule has 0 atom stereocenters. The fourth-order valence-electron chi connectivity index (χ4n) is 1.64. The number of ketones is 1. The molecule has 0 bridgehead atoms. The Hall–Kier alpha value is -0.810. The predicted molar refractivity (Wildman–Crippen MR) is 85.4 cm³/mol. The largest absolute Gasteiger partial charge is 0.289 e. The Bertz CT molecular complexity index is 531. The molecular formula is C15H13IOS. The van der Waals surface area contributed by atoms with Gasteiger partial charge in [-0.25, -0.2) is 0 Å². The molecule has 18 heavy (non-hydrogen) atoms. The molecule has 0 fully saturated rings. The van der Waals surface area contributed by atoms with Crippen molar-refractivity contribution in [2.75, 3.05) is 5.75 Å². The van der Waals surface area contributed by atoms with Crippen molar-refractivity contribution in [2.24, 2.45) is 0 Å². The highest BCUT2D eigenvalue weighted by molar-refractivity contribution is 14.1. The van der Waals surface area contributed by atoms with Crippen LogP contribution in [0.1, 0.15) is 22.8 Å². The van der Waals surface area contributed by atoms with E-state index >= 15 is 0 Å². The summed E-state index contributed by atoms with van der Waals surface area (Å²) in [4.78, 5) is 13.4. The first-order valence-electron chi connectivity index (χ1n) is 5.74. The predicted octanol–water partition coefficient (Wildman–Crippen LogP) is 4.63. The maximum Gasteiger partial charge on any atom is 0.193 e. The van der Waals surface area contributed by atoms with Gasteiger partial charge in [-0.2, -0.15) is 0 Å². The van der Waals surface area contributed by atoms with E-state index in [0.29, 0.717) is 0 Å². The Balaban J connectivity index is 2.20. The quantitative estimate of drug-likeness (QED) is 0.445. The number of halogens is 1. The Morgan fingerprint density at radius 3 is 2.00 bits per heavy atom. The van der Waals surface area contributed by atoms with Crippen LogP contribution in [0.25, 0.3) is 0 Å². The second-order valence-corrected chi connectivity index (χ2v) is 6.38. The third-order valence-electron chi connectivity index (χ3n) is 2.53. The minimum absolute atomic E-state index is 0.0828. The minimum Gasteiger partial charge on any atom is -0.289 e. The number of benzene rings is 2. The van der Waals surface area contributed by atoms with E-state index in [2.05, 4.69) is 29.5 Å². The molecule has 0 saturated heterocycles. The third kappa shape index (κ3) is 3.36. The summed E-state index contributed by atoms with van der Waals surface area (Å²) >= 11 is 4.02. The summed E-state index contributed by atoms with van der Waals surface area (Å²) in [5.74, 6) is 1.13. The van der Waals surface area contributed by atoms with E-state index in [-0.39, 0.29) is 5.78 Å². The van der Waals surface area contributed by atoms with Crippen molar-refractivity contribution < 1.29 is 4.79 Å². The molecule has 0 amide bonds. The molecule has 0 aliphatic heterocycles. The Kier molecular flexibility index (Phi) is 4.83. The summed E-state index contributed by atoms with van der Waals surface area (Å²) in [7, 11) is 0. The van der Waals surface area contributed by atoms with Gasteiger partial charge in [0.25, 0.3) is 0 Å². The number of carbonyl (C=O) groups is 1. The summed E-state index contributed by atoms with van der Waals surface area (Å²) in [6.45, 7) is 2.12. The summed E-state index contributed by atoms with van der Waals surface area (Å²) in [6, 6.07) is 15.5. The zero-order valence-corrected chi connectivity index (χ0v) is 13.0. The van der Waals surface area contributed by atoms with E-state index < -0.39 is 0 Å². The molecule has 2 rings (SSSR count). The van der Waals surface area contributed by atoms with Crippen LogP contribution in [0.2, 0.25) is 0 Å². The van der Waals surface area contributed by atoms with Gasteiger partial charge in [-0.05, 0) is 76.9 Å². The fraction of sp³-hybridized carbons (Fsp3) is 0.133. The summed E-state index contributed by atoms with van der Waals surface area (Å²) < 4.78 is 1.14. The van der Waals surface area contributed by atoms with Gasteiger partial charge in [0.15, 0.2) is 5.78 Å². The summed E-state index contributed by atoms with van der Waals surface area (Å²) in [5.41, 5.74) is 1.49. The van der Waals surface area contributed by atoms with Crippen molar-refractivity contribution in [1.82, 2.24) is 0 Å². The van der Waals surface area contributed by atoms with Gasteiger partial charge < -0.3 is 0 Å². The van der Waals surface area contributed by atoms with Gasteiger partial charge in [-0.15, -0.1) is 11.8 Å². The molecular weight excluding hydrogens is 355 g/mol. The van der Waals surface area contributed by atoms with E-state index in [9.17, 15) is 4.79 Å². The van der Waals surface area contributed by atoms with Crippen molar-refractivity contribution in [1.29, 1.82) is 0 Å². The number of carbonyl (C=O) groups excluding carboxylic acids is 1. The van der Waals surface area contributed by atoms with Gasteiger partial charge in [-0.1, -0.05) is 6.92 Å². The lowest BCUT2D eigenvalue weighted by atomic mass is 10.0. The smallest absolute Gasteiger partial charge is 0.193 e. The van der Waals surface area contributed by atoms with Crippen LogP contribution in [-0.4, -0.2) is 11.5 Å². The van der Waals surface area contributed by atoms with Gasteiger partial charge in [0.1, 0.15) is 0 Å². The lowest BCUT2D eigenvalue weighted by molar-refractivity contribution is 0.103. The van der Waals surface area contributed by atoms with Crippen molar-refractivity contribution in [3.8, 4) is 0 Å². The molecule has 0 heterocycles. The monoisotopic (exact) mass is 368 g/mol. The third-order valence-corrected chi connectivity index (χ3v) is 4.15. The molecule has 1 nitrogen and oxygen atoms in total. The lowest BCUT2D eigenvalue weighted by Gasteiger charge is -2.03. The summed E-state index contributed by atoms with van der Waals surface area (Å²) in [5, 5.41) is 0. The first-order valence-corrected chi connectivity index (χ1v) is 7.80. The van der Waals surface area contributed by atoms with Crippen LogP contribution in [0.5, 0.6) is 0 Å². The van der Waals surface area contributed by atoms with Crippen LogP contribution in [0.4, 0.5) is 0 Å². The van der Waals surface area contributed by atoms with Crippen molar-refractivity contribution in [2.45, 2.75) is 11.8 Å². The van der Waals surface area contributed by atoms with Gasteiger partial charge >= 0.3 is 0 Å². The van der Waals surface area contributed by atoms with Crippen LogP contribution in [0.15, 0.2) is 53.4 Å². The van der Waals surface area contributed by atoms with E-state index in [1.165, 1.54) is 4.90 Å². The maximum atomic E-state index is 12.2. The lowest BCUT2D eigenvalue weighted by Crippen LogP contribution is -2.00. The number of rotatable bonds is 4. The van der Waals surface area contributed by atoms with Gasteiger partial charge in [0, 0.05) is 19.6 Å². The fourth-order valence-corrected chi connectivity index (χ4v) is 2.66. The first kappa shape index (κ1) is 13.6. The van der Waals surface area contributed by atoms with Crippen LogP contribution >= 0.6 is 34.4 Å². The topological polar surface area (TPSA) is 17.1 Å². The van der Waals surface area contributed by atoms with Crippen molar-refractivity contribution >= 4 is 40.1 Å². The second-order valence-electron chi connectivity index (χ2n) is 3.79. The molecule has 0 aliphatic carbocycles. The Morgan fingerprint density at radius 2 is 1.50 bits per heavy atom. The zero-order chi connectivity index (χ0) is 13.0. The molecule has 0 aliphatic rings. The number of thioether (sulfide) groups is 1. The van der Waals surface area contributed by atoms with E-state index in [1.807, 2.05) is 48.5 Å². The standard InChI is InChI=1S/C15H13IOS/c1-2-18-14-9-5-12(6-10-14)15(17)11-3-7-13(16)8-4-11/h3-10H,2H2,1H3. The minimum atomic E-state index is 0.0828. The normalized spacial score (nSPS) is 10.3. The number of hydrogen-bond acceptors (Lipinski definition) is 2. The zero-order valence-electron chi connectivity index (χ0n) is 10.0. The molecule has 0 aromatic heterocycles. The van der Waals surface area contributed by atoms with E-state index in [0.717, 1.165) is 20.4 Å². The molecule has 0 saturated carbocycles. The Labute approximate surface area is 125 Å². The highest BCUT2D eigenvalue weighted by atomic mass is 127. The van der Waals surface area contributed by atoms with Crippen LogP contribution in [0, 0.1) is 3.57 Å². The number of hydrogen-bond donors (Lipinski definition) is 0. The molecule has 0 radical (unpaired) electrons. The van der Waals surface area contributed by atoms with Crippen LogP contribution < -0.4 is 0 Å². The van der Waals surface area contributed by atoms with E-state index in [4.69, 9.17) is 0 Å². The summed E-state index contributed by atoms with van der Waals surface area (Å²) in [6.07, 6.45) is 0. The maximum absolute atomic E-state index is 12.2. The molecule has 2 aromatic carbocycles. The molecule has 92 valence electrons. The van der Waals surface area contributed by atoms with Crippen molar-refractivity contribution in [3.63, 3.8) is 0 Å². The molecule has 2 aromatic rings. The van der Waals surface area contributed by atoms with Crippen LogP contribution in [-0.2, 0) is 0 Å². The average molecular weight is 368 g/mol. The highest BCUT2D eigenvalue weighted by Crippen LogP contribution is 2.19.